The zero-order valence-electron chi connectivity index (χ0n) is 11.1. The molecule has 21 heavy (non-hydrogen) atoms. The van der Waals surface area contributed by atoms with Crippen LogP contribution in [0.15, 0.2) is 24.3 Å². The van der Waals surface area contributed by atoms with Crippen LogP contribution in [-0.2, 0) is 0 Å². The van der Waals surface area contributed by atoms with Gasteiger partial charge in [0.25, 0.3) is 0 Å². The van der Waals surface area contributed by atoms with Gasteiger partial charge in [-0.05, 0) is 31.2 Å². The van der Waals surface area contributed by atoms with Gasteiger partial charge in [-0.25, -0.2) is 4.79 Å². The summed E-state index contributed by atoms with van der Waals surface area (Å²) in [4.78, 5) is 11.6. The van der Waals surface area contributed by atoms with Gasteiger partial charge in [0, 0.05) is 18.2 Å². The third-order valence-corrected chi connectivity index (χ3v) is 2.25. The molecule has 0 spiro atoms. The minimum absolute atomic E-state index is 0.0588. The van der Waals surface area contributed by atoms with Crippen molar-refractivity contribution in [2.24, 2.45) is 5.73 Å². The Morgan fingerprint density at radius 3 is 2.43 bits per heavy atom. The summed E-state index contributed by atoms with van der Waals surface area (Å²) in [6.07, 6.45) is -4.56. The summed E-state index contributed by atoms with van der Waals surface area (Å²) in [6.45, 7) is 1.67. The first-order valence-corrected chi connectivity index (χ1v) is 5.92. The van der Waals surface area contributed by atoms with Crippen molar-refractivity contribution in [2.45, 2.75) is 25.7 Å². The summed E-state index contributed by atoms with van der Waals surface area (Å²) < 4.78 is 39.6. The van der Waals surface area contributed by atoms with Crippen molar-refractivity contribution in [3.05, 3.63) is 24.3 Å². The number of amides is 2. The quantitative estimate of drug-likeness (QED) is 0.496. The van der Waals surface area contributed by atoms with Crippen LogP contribution in [0.3, 0.4) is 0 Å². The Morgan fingerprint density at radius 1 is 1.38 bits per heavy atom. The van der Waals surface area contributed by atoms with E-state index >= 15 is 0 Å². The van der Waals surface area contributed by atoms with E-state index < -0.39 is 12.4 Å². The number of hydrogen-bond donors (Lipinski definition) is 4. The summed E-state index contributed by atoms with van der Waals surface area (Å²) in [6, 6.07) is 3.83. The number of amidine groups is 1. The van der Waals surface area contributed by atoms with Crippen LogP contribution in [0.1, 0.15) is 13.3 Å². The topological polar surface area (TPSA) is 100 Å². The molecule has 0 radical (unpaired) electrons. The number of nitrogens with one attached hydrogen (secondary N) is 3. The van der Waals surface area contributed by atoms with Crippen LogP contribution in [0.25, 0.3) is 0 Å². The zero-order chi connectivity index (χ0) is 16.0. The SMILES string of the molecule is CC(CC(=N)N)NC(=O)Nc1ccc(OC(F)(F)F)cc1. The third-order valence-electron chi connectivity index (χ3n) is 2.25. The molecule has 0 bridgehead atoms. The molecule has 1 aromatic rings. The molecule has 0 aliphatic heterocycles. The van der Waals surface area contributed by atoms with E-state index in [-0.39, 0.29) is 24.0 Å². The molecule has 116 valence electrons. The smallest absolute Gasteiger partial charge is 0.406 e. The summed E-state index contributed by atoms with van der Waals surface area (Å²) in [5.74, 6) is -0.435. The predicted octanol–water partition coefficient (Wildman–Crippen LogP) is 2.42. The molecular formula is C12H15F3N4O2. The highest BCUT2D eigenvalue weighted by Crippen LogP contribution is 2.23. The number of benzene rings is 1. The van der Waals surface area contributed by atoms with E-state index in [0.29, 0.717) is 5.69 Å². The van der Waals surface area contributed by atoms with E-state index in [2.05, 4.69) is 15.4 Å². The van der Waals surface area contributed by atoms with Crippen molar-refractivity contribution in [1.29, 1.82) is 5.41 Å². The number of rotatable bonds is 5. The maximum atomic E-state index is 12.0. The zero-order valence-corrected chi connectivity index (χ0v) is 11.1. The molecular weight excluding hydrogens is 289 g/mol. The van der Waals surface area contributed by atoms with Gasteiger partial charge in [-0.3, -0.25) is 5.41 Å². The van der Waals surface area contributed by atoms with Crippen LogP contribution in [0.4, 0.5) is 23.7 Å². The first-order valence-electron chi connectivity index (χ1n) is 5.92. The minimum atomic E-state index is -4.76. The van der Waals surface area contributed by atoms with Crippen LogP contribution < -0.4 is 21.1 Å². The van der Waals surface area contributed by atoms with Gasteiger partial charge >= 0.3 is 12.4 Å². The van der Waals surface area contributed by atoms with E-state index in [4.69, 9.17) is 11.1 Å². The Hall–Kier alpha value is -2.45. The summed E-state index contributed by atoms with van der Waals surface area (Å²) >= 11 is 0. The highest BCUT2D eigenvalue weighted by molar-refractivity contribution is 5.90. The fourth-order valence-electron chi connectivity index (χ4n) is 1.51. The maximum absolute atomic E-state index is 12.0. The van der Waals surface area contributed by atoms with Crippen LogP contribution in [-0.4, -0.2) is 24.3 Å². The highest BCUT2D eigenvalue weighted by atomic mass is 19.4. The molecule has 0 aliphatic rings. The number of carbonyl (C=O) groups excluding carboxylic acids is 1. The molecule has 0 saturated heterocycles. The first-order chi connectivity index (χ1) is 9.65. The van der Waals surface area contributed by atoms with E-state index in [1.807, 2.05) is 0 Å². The highest BCUT2D eigenvalue weighted by Gasteiger charge is 2.30. The lowest BCUT2D eigenvalue weighted by molar-refractivity contribution is -0.274. The summed E-state index contributed by atoms with van der Waals surface area (Å²) in [7, 11) is 0. The van der Waals surface area contributed by atoms with Crippen LogP contribution in [0.2, 0.25) is 0 Å². The molecule has 2 amide bonds. The Balaban J connectivity index is 2.52. The molecule has 0 aliphatic carbocycles. The molecule has 1 atom stereocenters. The fourth-order valence-corrected chi connectivity index (χ4v) is 1.51. The average Bonchev–Trinajstić information content (AvgIpc) is 2.28. The predicted molar refractivity (Wildman–Crippen MR) is 71.3 cm³/mol. The lowest BCUT2D eigenvalue weighted by atomic mass is 10.2. The Kier molecular flexibility index (Phi) is 5.39. The molecule has 6 nitrogen and oxygen atoms in total. The van der Waals surface area contributed by atoms with Gasteiger partial charge in [-0.1, -0.05) is 0 Å². The monoisotopic (exact) mass is 304 g/mol. The number of urea groups is 1. The standard InChI is InChI=1S/C12H15F3N4O2/c1-7(6-10(16)17)18-11(20)19-8-2-4-9(5-3-8)21-12(13,14)15/h2-5,7H,6H2,1H3,(H3,16,17)(H2,18,19,20). The normalized spacial score (nSPS) is 12.4. The molecule has 0 heterocycles. The van der Waals surface area contributed by atoms with E-state index in [0.717, 1.165) is 12.1 Å². The van der Waals surface area contributed by atoms with Crippen LogP contribution >= 0.6 is 0 Å². The third kappa shape index (κ3) is 7.04. The van der Waals surface area contributed by atoms with Gasteiger partial charge in [0.2, 0.25) is 0 Å². The number of alkyl halides is 3. The Labute approximate surface area is 119 Å². The second kappa shape index (κ2) is 6.82. The first kappa shape index (κ1) is 16.6. The molecule has 1 unspecified atom stereocenters. The number of halogens is 3. The van der Waals surface area contributed by atoms with Crippen LogP contribution in [0, 0.1) is 5.41 Å². The number of nitrogens with two attached hydrogens (primary N) is 1. The van der Waals surface area contributed by atoms with Gasteiger partial charge in [-0.2, -0.15) is 0 Å². The lowest BCUT2D eigenvalue weighted by Crippen LogP contribution is -2.38. The average molecular weight is 304 g/mol. The van der Waals surface area contributed by atoms with Gasteiger partial charge in [-0.15, -0.1) is 13.2 Å². The van der Waals surface area contributed by atoms with Crippen molar-refractivity contribution in [3.8, 4) is 5.75 Å². The van der Waals surface area contributed by atoms with Gasteiger partial charge in [0.05, 0.1) is 5.84 Å². The largest absolute Gasteiger partial charge is 0.573 e. The van der Waals surface area contributed by atoms with Crippen molar-refractivity contribution in [1.82, 2.24) is 5.32 Å². The summed E-state index contributed by atoms with van der Waals surface area (Å²) in [5, 5.41) is 12.1. The number of carbonyl (C=O) groups is 1. The molecule has 5 N–H and O–H groups in total. The van der Waals surface area contributed by atoms with Crippen molar-refractivity contribution >= 4 is 17.6 Å². The number of hydrogen-bond acceptors (Lipinski definition) is 3. The maximum Gasteiger partial charge on any atom is 0.573 e. The molecule has 9 heteroatoms. The van der Waals surface area contributed by atoms with Crippen molar-refractivity contribution < 1.29 is 22.7 Å². The van der Waals surface area contributed by atoms with E-state index in [1.165, 1.54) is 12.1 Å². The van der Waals surface area contributed by atoms with Crippen molar-refractivity contribution in [3.63, 3.8) is 0 Å². The second-order valence-electron chi connectivity index (χ2n) is 4.30. The van der Waals surface area contributed by atoms with E-state index in [9.17, 15) is 18.0 Å². The number of ether oxygens (including phenoxy) is 1. The van der Waals surface area contributed by atoms with Gasteiger partial charge < -0.3 is 21.1 Å². The Morgan fingerprint density at radius 2 is 1.95 bits per heavy atom. The molecule has 1 rings (SSSR count). The molecule has 0 fully saturated rings. The lowest BCUT2D eigenvalue weighted by Gasteiger charge is -2.14. The van der Waals surface area contributed by atoms with Gasteiger partial charge in [0.1, 0.15) is 5.75 Å². The van der Waals surface area contributed by atoms with Gasteiger partial charge in [0.15, 0.2) is 0 Å². The van der Waals surface area contributed by atoms with E-state index in [1.54, 1.807) is 6.92 Å². The number of anilines is 1. The minimum Gasteiger partial charge on any atom is -0.406 e. The fraction of sp³-hybridized carbons (Fsp3) is 0.333. The Bertz CT molecular complexity index is 502. The molecule has 0 aromatic heterocycles. The summed E-state index contributed by atoms with van der Waals surface area (Å²) in [5.41, 5.74) is 5.50. The van der Waals surface area contributed by atoms with Crippen molar-refractivity contribution in [2.75, 3.05) is 5.32 Å². The second-order valence-corrected chi connectivity index (χ2v) is 4.30. The van der Waals surface area contributed by atoms with Crippen LogP contribution in [0.5, 0.6) is 5.75 Å². The molecule has 1 aromatic carbocycles. The molecule has 0 saturated carbocycles.